The molecule has 0 unspecified atom stereocenters. The van der Waals surface area contributed by atoms with Gasteiger partial charge < -0.3 is 10.2 Å². The Hall–Kier alpha value is -2.38. The summed E-state index contributed by atoms with van der Waals surface area (Å²) < 4.78 is 27.3. The van der Waals surface area contributed by atoms with Gasteiger partial charge in [0, 0.05) is 36.4 Å². The molecule has 1 amide bonds. The van der Waals surface area contributed by atoms with E-state index in [4.69, 9.17) is 0 Å². The van der Waals surface area contributed by atoms with Crippen LogP contribution in [-0.2, 0) is 10.0 Å². The first-order valence-corrected chi connectivity index (χ1v) is 11.1. The van der Waals surface area contributed by atoms with E-state index in [1.54, 1.807) is 42.5 Å². The molecule has 0 saturated carbocycles. The van der Waals surface area contributed by atoms with Crippen molar-refractivity contribution in [1.29, 1.82) is 0 Å². The maximum Gasteiger partial charge on any atom is 0.261 e. The van der Waals surface area contributed by atoms with Crippen molar-refractivity contribution in [3.05, 3.63) is 60.2 Å². The minimum Gasteiger partial charge on any atom is -0.349 e. The number of carbonyl (C=O) groups excluding carboxylic acids is 1. The van der Waals surface area contributed by atoms with Gasteiger partial charge in [-0.15, -0.1) is 0 Å². The summed E-state index contributed by atoms with van der Waals surface area (Å²) in [6.07, 6.45) is 1.89. The molecule has 28 heavy (non-hydrogen) atoms. The van der Waals surface area contributed by atoms with E-state index in [9.17, 15) is 13.2 Å². The molecule has 0 radical (unpaired) electrons. The lowest BCUT2D eigenvalue weighted by molar-refractivity contribution is 0.0900. The van der Waals surface area contributed by atoms with Crippen LogP contribution in [0.25, 0.3) is 0 Å². The Morgan fingerprint density at radius 2 is 1.61 bits per heavy atom. The number of nitrogens with one attached hydrogen (secondary N) is 2. The first kappa shape index (κ1) is 20.4. The number of carbonyl (C=O) groups is 1. The number of hydrogen-bond acceptors (Lipinski definition) is 4. The number of anilines is 1. The highest BCUT2D eigenvalue weighted by Gasteiger charge is 2.22. The maximum atomic E-state index is 12.5. The molecule has 1 heterocycles. The minimum absolute atomic E-state index is 0.125. The lowest BCUT2D eigenvalue weighted by Crippen LogP contribution is -2.46. The van der Waals surface area contributed by atoms with Crippen molar-refractivity contribution in [3.63, 3.8) is 0 Å². The normalized spacial score (nSPS) is 16.1. The quantitative estimate of drug-likeness (QED) is 0.780. The van der Waals surface area contributed by atoms with E-state index >= 15 is 0 Å². The Labute approximate surface area is 167 Å². The first-order valence-electron chi connectivity index (χ1n) is 9.58. The van der Waals surface area contributed by atoms with Crippen LogP contribution >= 0.6 is 0 Å². The van der Waals surface area contributed by atoms with Crippen LogP contribution in [0.1, 0.15) is 37.0 Å². The lowest BCUT2D eigenvalue weighted by Gasteiger charge is -2.34. The molecule has 2 N–H and O–H groups in total. The zero-order chi connectivity index (χ0) is 20.1. The van der Waals surface area contributed by atoms with E-state index in [0.29, 0.717) is 17.3 Å². The number of hydrogen-bond donors (Lipinski definition) is 2. The smallest absolute Gasteiger partial charge is 0.261 e. The number of likely N-dealkylation sites (tertiary alicyclic amines) is 1. The molecular formula is C21H27N3O3S. The van der Waals surface area contributed by atoms with Gasteiger partial charge in [-0.2, -0.15) is 0 Å². The summed E-state index contributed by atoms with van der Waals surface area (Å²) in [6.45, 7) is 6.35. The standard InChI is InChI=1S/C21H27N3O3S/c1-16(2)24-14-12-18(13-15-24)22-21(25)17-8-10-19(11-9-17)23-28(26,27)20-6-4-3-5-7-20/h3-11,16,18,23H,12-15H2,1-2H3,(H,22,25). The summed E-state index contributed by atoms with van der Waals surface area (Å²) >= 11 is 0. The third-order valence-electron chi connectivity index (χ3n) is 5.05. The summed E-state index contributed by atoms with van der Waals surface area (Å²) in [7, 11) is -3.64. The molecule has 1 aliphatic rings. The van der Waals surface area contributed by atoms with Crippen molar-refractivity contribution >= 4 is 21.6 Å². The average Bonchev–Trinajstić information content (AvgIpc) is 2.69. The topological polar surface area (TPSA) is 78.5 Å². The number of benzene rings is 2. The van der Waals surface area contributed by atoms with Crippen LogP contribution in [0.3, 0.4) is 0 Å². The van der Waals surface area contributed by atoms with Gasteiger partial charge in [0.05, 0.1) is 4.90 Å². The average molecular weight is 402 g/mol. The van der Waals surface area contributed by atoms with Crippen LogP contribution in [-0.4, -0.2) is 44.4 Å². The molecule has 0 spiro atoms. The van der Waals surface area contributed by atoms with Crippen molar-refractivity contribution < 1.29 is 13.2 Å². The van der Waals surface area contributed by atoms with E-state index in [1.165, 1.54) is 12.1 Å². The SMILES string of the molecule is CC(C)N1CCC(NC(=O)c2ccc(NS(=O)(=O)c3ccccc3)cc2)CC1. The summed E-state index contributed by atoms with van der Waals surface area (Å²) in [5, 5.41) is 3.08. The highest BCUT2D eigenvalue weighted by atomic mass is 32.2. The minimum atomic E-state index is -3.64. The Morgan fingerprint density at radius 3 is 2.18 bits per heavy atom. The molecule has 150 valence electrons. The molecule has 1 aliphatic heterocycles. The molecule has 0 atom stereocenters. The Bertz CT molecular complexity index is 888. The number of piperidine rings is 1. The van der Waals surface area contributed by atoms with Crippen LogP contribution in [0.15, 0.2) is 59.5 Å². The van der Waals surface area contributed by atoms with Crippen molar-refractivity contribution in [3.8, 4) is 0 Å². The molecule has 6 nitrogen and oxygen atoms in total. The monoisotopic (exact) mass is 401 g/mol. The van der Waals surface area contributed by atoms with E-state index in [-0.39, 0.29) is 16.8 Å². The lowest BCUT2D eigenvalue weighted by atomic mass is 10.0. The second-order valence-corrected chi connectivity index (χ2v) is 9.06. The van der Waals surface area contributed by atoms with Crippen molar-refractivity contribution in [1.82, 2.24) is 10.2 Å². The van der Waals surface area contributed by atoms with Gasteiger partial charge in [-0.1, -0.05) is 18.2 Å². The van der Waals surface area contributed by atoms with Gasteiger partial charge in [0.25, 0.3) is 15.9 Å². The Kier molecular flexibility index (Phi) is 6.36. The van der Waals surface area contributed by atoms with Gasteiger partial charge in [0.15, 0.2) is 0 Å². The third kappa shape index (κ3) is 5.11. The molecule has 1 fully saturated rings. The van der Waals surface area contributed by atoms with Crippen molar-refractivity contribution in [2.24, 2.45) is 0 Å². The molecule has 1 saturated heterocycles. The van der Waals surface area contributed by atoms with E-state index in [0.717, 1.165) is 25.9 Å². The highest BCUT2D eigenvalue weighted by molar-refractivity contribution is 7.92. The molecule has 2 aromatic rings. The zero-order valence-electron chi connectivity index (χ0n) is 16.3. The van der Waals surface area contributed by atoms with Gasteiger partial charge >= 0.3 is 0 Å². The van der Waals surface area contributed by atoms with Gasteiger partial charge in [-0.25, -0.2) is 8.42 Å². The predicted molar refractivity (Wildman–Crippen MR) is 111 cm³/mol. The largest absolute Gasteiger partial charge is 0.349 e. The van der Waals surface area contributed by atoms with E-state index < -0.39 is 10.0 Å². The first-order chi connectivity index (χ1) is 13.3. The second-order valence-electron chi connectivity index (χ2n) is 7.37. The van der Waals surface area contributed by atoms with E-state index in [2.05, 4.69) is 28.8 Å². The highest BCUT2D eigenvalue weighted by Crippen LogP contribution is 2.17. The second kappa shape index (κ2) is 8.75. The van der Waals surface area contributed by atoms with Gasteiger partial charge in [-0.3, -0.25) is 9.52 Å². The maximum absolute atomic E-state index is 12.5. The summed E-state index contributed by atoms with van der Waals surface area (Å²) in [5.41, 5.74) is 0.944. The number of nitrogens with zero attached hydrogens (tertiary/aromatic N) is 1. The van der Waals surface area contributed by atoms with Crippen LogP contribution < -0.4 is 10.0 Å². The molecule has 7 heteroatoms. The van der Waals surface area contributed by atoms with Crippen LogP contribution in [0.2, 0.25) is 0 Å². The van der Waals surface area contributed by atoms with Crippen LogP contribution in [0, 0.1) is 0 Å². The molecule has 3 rings (SSSR count). The summed E-state index contributed by atoms with van der Waals surface area (Å²) in [4.78, 5) is 15.1. The van der Waals surface area contributed by atoms with Gasteiger partial charge in [0.2, 0.25) is 0 Å². The van der Waals surface area contributed by atoms with Crippen molar-refractivity contribution in [2.45, 2.75) is 43.7 Å². The Morgan fingerprint density at radius 1 is 1.00 bits per heavy atom. The van der Waals surface area contributed by atoms with E-state index in [1.807, 2.05) is 0 Å². The number of rotatable bonds is 6. The molecule has 0 aromatic heterocycles. The fourth-order valence-electron chi connectivity index (χ4n) is 3.33. The fraction of sp³-hybridized carbons (Fsp3) is 0.381. The molecule has 0 aliphatic carbocycles. The number of sulfonamides is 1. The van der Waals surface area contributed by atoms with Gasteiger partial charge in [0.1, 0.15) is 0 Å². The number of amides is 1. The fourth-order valence-corrected chi connectivity index (χ4v) is 4.41. The van der Waals surface area contributed by atoms with Crippen LogP contribution in [0.5, 0.6) is 0 Å². The molecule has 2 aromatic carbocycles. The van der Waals surface area contributed by atoms with Crippen molar-refractivity contribution in [2.75, 3.05) is 17.8 Å². The Balaban J connectivity index is 1.58. The van der Waals surface area contributed by atoms with Crippen LogP contribution in [0.4, 0.5) is 5.69 Å². The predicted octanol–water partition coefficient (Wildman–Crippen LogP) is 3.09. The molecular weight excluding hydrogens is 374 g/mol. The van der Waals surface area contributed by atoms with Gasteiger partial charge in [-0.05, 0) is 63.1 Å². The third-order valence-corrected chi connectivity index (χ3v) is 6.45. The summed E-state index contributed by atoms with van der Waals surface area (Å²) in [5.74, 6) is -0.125. The summed E-state index contributed by atoms with van der Waals surface area (Å²) in [6, 6.07) is 15.4. The molecule has 0 bridgehead atoms. The zero-order valence-corrected chi connectivity index (χ0v) is 17.1.